The zero-order chi connectivity index (χ0) is 28.4. The van der Waals surface area contributed by atoms with Crippen LogP contribution in [0.3, 0.4) is 0 Å². The fourth-order valence-corrected chi connectivity index (χ4v) is 6.19. The molecule has 2 fully saturated rings. The molecular weight excluding hydrogens is 526 g/mol. The van der Waals surface area contributed by atoms with Gasteiger partial charge < -0.3 is 25.4 Å². The summed E-state index contributed by atoms with van der Waals surface area (Å²) in [7, 11) is 1.48. The number of urea groups is 1. The van der Waals surface area contributed by atoms with Crippen LogP contribution in [-0.4, -0.2) is 58.2 Å². The van der Waals surface area contributed by atoms with Crippen molar-refractivity contribution in [3.63, 3.8) is 0 Å². The summed E-state index contributed by atoms with van der Waals surface area (Å²) in [6, 6.07) is 6.63. The molecule has 40 heavy (non-hydrogen) atoms. The predicted octanol–water partition coefficient (Wildman–Crippen LogP) is 2.91. The van der Waals surface area contributed by atoms with Gasteiger partial charge in [-0.2, -0.15) is 0 Å². The van der Waals surface area contributed by atoms with Crippen molar-refractivity contribution >= 4 is 29.6 Å². The summed E-state index contributed by atoms with van der Waals surface area (Å²) in [5, 5.41) is 16.8. The summed E-state index contributed by atoms with van der Waals surface area (Å²) in [6.07, 6.45) is 1.33. The zero-order valence-corrected chi connectivity index (χ0v) is 21.8. The van der Waals surface area contributed by atoms with E-state index in [2.05, 4.69) is 10.6 Å². The molecule has 10 nitrogen and oxygen atoms in total. The number of imide groups is 1. The molecule has 2 aromatic rings. The topological polar surface area (TPSA) is 128 Å². The highest BCUT2D eigenvalue weighted by Gasteiger charge is 2.59. The molecule has 2 heterocycles. The van der Waals surface area contributed by atoms with Crippen LogP contribution < -0.4 is 10.6 Å². The number of nitrogens with one attached hydrogen (secondary N) is 2. The minimum absolute atomic E-state index is 0.115. The van der Waals surface area contributed by atoms with Crippen molar-refractivity contribution in [3.05, 3.63) is 64.2 Å². The lowest BCUT2D eigenvalue weighted by Gasteiger charge is -2.39. The van der Waals surface area contributed by atoms with Crippen LogP contribution in [0.2, 0.25) is 0 Å². The van der Waals surface area contributed by atoms with Gasteiger partial charge in [0.15, 0.2) is 11.6 Å². The van der Waals surface area contributed by atoms with Gasteiger partial charge in [0.05, 0.1) is 0 Å². The number of rotatable bonds is 4. The molecule has 0 unspecified atom stereocenters. The van der Waals surface area contributed by atoms with Crippen molar-refractivity contribution < 1.29 is 37.8 Å². The summed E-state index contributed by atoms with van der Waals surface area (Å²) in [5.41, 5.74) is -0.587. The van der Waals surface area contributed by atoms with Gasteiger partial charge in [-0.25, -0.2) is 23.3 Å². The number of hydrogen-bond donors (Lipinski definition) is 3. The van der Waals surface area contributed by atoms with Crippen LogP contribution in [0.25, 0.3) is 0 Å². The van der Waals surface area contributed by atoms with Crippen LogP contribution in [0.4, 0.5) is 24.1 Å². The van der Waals surface area contributed by atoms with Gasteiger partial charge in [0.2, 0.25) is 11.5 Å². The number of carbonyl (C=O) groups is 4. The molecule has 2 atom stereocenters. The Morgan fingerprint density at radius 3 is 2.45 bits per heavy atom. The van der Waals surface area contributed by atoms with Gasteiger partial charge in [-0.3, -0.25) is 9.59 Å². The van der Waals surface area contributed by atoms with Crippen molar-refractivity contribution in [2.24, 2.45) is 5.92 Å². The van der Waals surface area contributed by atoms with Crippen LogP contribution in [0, 0.1) is 17.6 Å². The van der Waals surface area contributed by atoms with Gasteiger partial charge >= 0.3 is 12.1 Å². The molecule has 0 radical (unpaired) electrons. The molecule has 2 aliphatic heterocycles. The van der Waals surface area contributed by atoms with Crippen molar-refractivity contribution in [2.75, 3.05) is 18.9 Å². The molecular formula is C28H28F2N4O6. The minimum atomic E-state index is -1.59. The van der Waals surface area contributed by atoms with E-state index >= 15 is 0 Å². The molecule has 1 spiro atoms. The molecule has 6 rings (SSSR count). The minimum Gasteiger partial charge on any atom is -0.427 e. The number of fused-ring (bicyclic) bond motifs is 3. The lowest BCUT2D eigenvalue weighted by molar-refractivity contribution is -0.170. The summed E-state index contributed by atoms with van der Waals surface area (Å²) in [6.45, 7) is -0.858. The van der Waals surface area contributed by atoms with Crippen LogP contribution >= 0.6 is 0 Å². The van der Waals surface area contributed by atoms with E-state index in [1.807, 2.05) is 0 Å². The number of carbonyl (C=O) groups excluding carboxylic acids is 4. The van der Waals surface area contributed by atoms with Gasteiger partial charge in [0.1, 0.15) is 12.3 Å². The maximum absolute atomic E-state index is 14.1. The van der Waals surface area contributed by atoms with E-state index < -0.39 is 53.4 Å². The molecule has 210 valence electrons. The van der Waals surface area contributed by atoms with Crippen molar-refractivity contribution in [3.8, 4) is 0 Å². The first kappa shape index (κ1) is 26.2. The maximum atomic E-state index is 14.1. The average Bonchev–Trinajstić information content (AvgIpc) is 3.71. The lowest BCUT2D eigenvalue weighted by atomic mass is 9.94. The van der Waals surface area contributed by atoms with E-state index in [-0.39, 0.29) is 31.7 Å². The Hall–Kier alpha value is -4.06. The number of nitrogens with zero attached hydrogens (tertiary/aromatic N) is 2. The quantitative estimate of drug-likeness (QED) is 0.533. The standard InChI is InChI=1S/C28H28F2N4O6/c1-31-25(37)32-19-4-5-20-16(10-19)6-8-27(20)24(36)33(26(38)40-27)14-23(35)34-13-17-12-22(30)21(29)11-15(17)7-9-28(34,39)18-2-3-18/h4-5,10-12,18,39H,2-3,6-9,13-14H2,1H3,(H2,31,32,37)/t27-,28+/m0/s1. The monoisotopic (exact) mass is 554 g/mol. The van der Waals surface area contributed by atoms with Crippen molar-refractivity contribution in [1.82, 2.24) is 15.1 Å². The Labute approximate surface area is 228 Å². The van der Waals surface area contributed by atoms with Gasteiger partial charge in [0.25, 0.3) is 5.91 Å². The second kappa shape index (κ2) is 9.26. The number of hydrogen-bond acceptors (Lipinski definition) is 6. The molecule has 1 saturated heterocycles. The highest BCUT2D eigenvalue weighted by molar-refractivity contribution is 6.06. The third-order valence-corrected chi connectivity index (χ3v) is 8.47. The second-order valence-electron chi connectivity index (χ2n) is 10.8. The number of ether oxygens (including phenoxy) is 1. The number of benzene rings is 2. The summed E-state index contributed by atoms with van der Waals surface area (Å²) < 4.78 is 33.6. The first-order valence-corrected chi connectivity index (χ1v) is 13.2. The molecule has 3 N–H and O–H groups in total. The number of amides is 5. The highest BCUT2D eigenvalue weighted by atomic mass is 19.2. The zero-order valence-electron chi connectivity index (χ0n) is 21.8. The lowest BCUT2D eigenvalue weighted by Crippen LogP contribution is -2.55. The third-order valence-electron chi connectivity index (χ3n) is 8.47. The summed E-state index contributed by atoms with van der Waals surface area (Å²) in [5.74, 6) is -3.66. The highest BCUT2D eigenvalue weighted by Crippen LogP contribution is 2.48. The molecule has 5 amide bonds. The Morgan fingerprint density at radius 2 is 1.75 bits per heavy atom. The van der Waals surface area contributed by atoms with E-state index in [9.17, 15) is 33.1 Å². The molecule has 12 heteroatoms. The third kappa shape index (κ3) is 4.09. The van der Waals surface area contributed by atoms with E-state index in [1.165, 1.54) is 11.9 Å². The SMILES string of the molecule is CNC(=O)Nc1ccc2c(c1)CC[C@]21OC(=O)N(CC(=O)N2Cc3cc(F)c(F)cc3CC[C@@]2(O)C2CC2)C1=O. The Bertz CT molecular complexity index is 1460. The smallest absolute Gasteiger partial charge is 0.418 e. The predicted molar refractivity (Wildman–Crippen MR) is 136 cm³/mol. The van der Waals surface area contributed by atoms with Gasteiger partial charge in [-0.05, 0) is 73.1 Å². The van der Waals surface area contributed by atoms with Crippen LogP contribution in [0.1, 0.15) is 47.9 Å². The first-order valence-electron chi connectivity index (χ1n) is 13.2. The fourth-order valence-electron chi connectivity index (χ4n) is 6.19. The van der Waals surface area contributed by atoms with Crippen LogP contribution in [0.5, 0.6) is 0 Å². The van der Waals surface area contributed by atoms with Gasteiger partial charge in [-0.1, -0.05) is 6.07 Å². The van der Waals surface area contributed by atoms with E-state index in [0.717, 1.165) is 22.6 Å². The molecule has 0 aromatic heterocycles. The number of aryl methyl sites for hydroxylation is 2. The largest absolute Gasteiger partial charge is 0.427 e. The van der Waals surface area contributed by atoms with E-state index in [1.54, 1.807) is 18.2 Å². The fraction of sp³-hybridized carbons (Fsp3) is 0.429. The van der Waals surface area contributed by atoms with E-state index in [0.29, 0.717) is 41.6 Å². The number of anilines is 1. The molecule has 1 saturated carbocycles. The molecule has 0 bridgehead atoms. The Morgan fingerprint density at radius 1 is 1.05 bits per heavy atom. The number of aliphatic hydroxyl groups is 1. The summed E-state index contributed by atoms with van der Waals surface area (Å²) >= 11 is 0. The number of halogens is 2. The van der Waals surface area contributed by atoms with Crippen molar-refractivity contribution in [1.29, 1.82) is 0 Å². The van der Waals surface area contributed by atoms with Crippen LogP contribution in [-0.2, 0) is 39.3 Å². The Balaban J connectivity index is 1.26. The first-order chi connectivity index (χ1) is 19.1. The Kier molecular flexibility index (Phi) is 6.06. The normalized spacial score (nSPS) is 25.4. The molecule has 2 aliphatic carbocycles. The summed E-state index contributed by atoms with van der Waals surface area (Å²) in [4.78, 5) is 53.9. The maximum Gasteiger partial charge on any atom is 0.418 e. The second-order valence-corrected chi connectivity index (χ2v) is 10.8. The van der Waals surface area contributed by atoms with Gasteiger partial charge in [0, 0.05) is 37.2 Å². The molecule has 2 aromatic carbocycles. The van der Waals surface area contributed by atoms with E-state index in [4.69, 9.17) is 4.74 Å². The van der Waals surface area contributed by atoms with Gasteiger partial charge in [-0.15, -0.1) is 0 Å². The molecule has 4 aliphatic rings. The van der Waals surface area contributed by atoms with Crippen LogP contribution in [0.15, 0.2) is 30.3 Å². The van der Waals surface area contributed by atoms with Crippen molar-refractivity contribution in [2.45, 2.75) is 56.4 Å². The average molecular weight is 555 g/mol.